The first-order valence-corrected chi connectivity index (χ1v) is 9.14. The molecule has 1 aromatic heterocycles. The second-order valence-corrected chi connectivity index (χ2v) is 6.81. The molecule has 8 heteroatoms. The summed E-state index contributed by atoms with van der Waals surface area (Å²) in [6, 6.07) is 7.47. The Morgan fingerprint density at radius 2 is 2.27 bits per heavy atom. The molecule has 0 spiro atoms. The minimum atomic E-state index is -0.255. The third-order valence-electron chi connectivity index (χ3n) is 4.59. The number of aromatic nitrogens is 2. The van der Waals surface area contributed by atoms with Crippen LogP contribution < -0.4 is 0 Å². The van der Waals surface area contributed by atoms with Crippen molar-refractivity contribution in [3.63, 3.8) is 0 Å². The van der Waals surface area contributed by atoms with E-state index in [-0.39, 0.29) is 18.2 Å². The molecule has 0 saturated carbocycles. The van der Waals surface area contributed by atoms with Gasteiger partial charge in [0.25, 0.3) is 5.89 Å². The molecule has 1 aliphatic rings. The highest BCUT2D eigenvalue weighted by molar-refractivity contribution is 6.30. The third kappa shape index (κ3) is 3.99. The fourth-order valence-corrected chi connectivity index (χ4v) is 3.41. The number of halogens is 1. The van der Waals surface area contributed by atoms with Gasteiger partial charge in [0.1, 0.15) is 0 Å². The van der Waals surface area contributed by atoms with E-state index in [1.54, 1.807) is 17.0 Å². The molecule has 140 valence electrons. The highest BCUT2D eigenvalue weighted by Crippen LogP contribution is 2.26. The number of piperazine rings is 1. The van der Waals surface area contributed by atoms with Gasteiger partial charge in [0.05, 0.1) is 12.6 Å². The van der Waals surface area contributed by atoms with E-state index in [1.165, 1.54) is 0 Å². The summed E-state index contributed by atoms with van der Waals surface area (Å²) in [5.74, 6) is 1.07. The van der Waals surface area contributed by atoms with Crippen LogP contribution in [0.4, 0.5) is 4.79 Å². The molecule has 1 saturated heterocycles. The summed E-state index contributed by atoms with van der Waals surface area (Å²) in [6.45, 7) is 8.28. The second kappa shape index (κ2) is 8.05. The molecule has 1 amide bonds. The van der Waals surface area contributed by atoms with Crippen molar-refractivity contribution in [2.24, 2.45) is 0 Å². The van der Waals surface area contributed by atoms with E-state index in [0.29, 0.717) is 36.4 Å². The number of carbonyl (C=O) groups is 1. The molecule has 0 aliphatic carbocycles. The number of nitrogens with zero attached hydrogens (tertiary/aromatic N) is 4. The van der Waals surface area contributed by atoms with E-state index in [1.807, 2.05) is 26.0 Å². The molecule has 1 fully saturated rings. The lowest BCUT2D eigenvalue weighted by Crippen LogP contribution is -2.54. The van der Waals surface area contributed by atoms with Crippen molar-refractivity contribution in [2.45, 2.75) is 32.9 Å². The van der Waals surface area contributed by atoms with E-state index >= 15 is 0 Å². The van der Waals surface area contributed by atoms with Gasteiger partial charge in [0, 0.05) is 36.3 Å². The fourth-order valence-electron chi connectivity index (χ4n) is 3.22. The Morgan fingerprint density at radius 3 is 2.96 bits per heavy atom. The van der Waals surface area contributed by atoms with E-state index < -0.39 is 0 Å². The average Bonchev–Trinajstić information content (AvgIpc) is 3.11. The van der Waals surface area contributed by atoms with Crippen molar-refractivity contribution in [3.05, 3.63) is 35.1 Å². The number of ether oxygens (including phenoxy) is 1. The molecule has 1 aliphatic heterocycles. The SMILES string of the molecule is CCOC(=O)N1CCN(C(C)c2noc(-c3cccc(Cl)c3)n2)C(C)C1. The van der Waals surface area contributed by atoms with Gasteiger partial charge in [0.2, 0.25) is 0 Å². The van der Waals surface area contributed by atoms with Crippen molar-refractivity contribution in [3.8, 4) is 11.5 Å². The van der Waals surface area contributed by atoms with E-state index in [4.69, 9.17) is 20.9 Å². The molecule has 0 bridgehead atoms. The van der Waals surface area contributed by atoms with Crippen LogP contribution in [0.25, 0.3) is 11.5 Å². The van der Waals surface area contributed by atoms with Crippen molar-refractivity contribution in [2.75, 3.05) is 26.2 Å². The maximum Gasteiger partial charge on any atom is 0.409 e. The van der Waals surface area contributed by atoms with E-state index in [0.717, 1.165) is 12.1 Å². The number of hydrogen-bond donors (Lipinski definition) is 0. The monoisotopic (exact) mass is 378 g/mol. The first-order valence-electron chi connectivity index (χ1n) is 8.76. The van der Waals surface area contributed by atoms with E-state index in [9.17, 15) is 4.79 Å². The van der Waals surface area contributed by atoms with Crippen LogP contribution in [-0.2, 0) is 4.74 Å². The summed E-state index contributed by atoms with van der Waals surface area (Å²) in [5, 5.41) is 4.76. The van der Waals surface area contributed by atoms with Gasteiger partial charge in [-0.2, -0.15) is 4.98 Å². The van der Waals surface area contributed by atoms with Gasteiger partial charge in [-0.05, 0) is 39.0 Å². The standard InChI is InChI=1S/C18H23ClN4O3/c1-4-25-18(24)22-8-9-23(12(2)11-22)13(3)16-20-17(26-21-16)14-6-5-7-15(19)10-14/h5-7,10,12-13H,4,8-9,11H2,1-3H3. The predicted molar refractivity (Wildman–Crippen MR) is 97.9 cm³/mol. The van der Waals surface area contributed by atoms with Gasteiger partial charge in [-0.3, -0.25) is 4.90 Å². The number of amides is 1. The molecule has 7 nitrogen and oxygen atoms in total. The first kappa shape index (κ1) is 18.7. The van der Waals surface area contributed by atoms with Gasteiger partial charge >= 0.3 is 6.09 Å². The van der Waals surface area contributed by atoms with Crippen molar-refractivity contribution in [1.82, 2.24) is 19.9 Å². The van der Waals surface area contributed by atoms with E-state index in [2.05, 4.69) is 22.0 Å². The van der Waals surface area contributed by atoms with Gasteiger partial charge in [-0.15, -0.1) is 0 Å². The Kier molecular flexibility index (Phi) is 5.78. The van der Waals surface area contributed by atoms with Crippen LogP contribution in [-0.4, -0.2) is 58.3 Å². The Labute approximate surface area is 157 Å². The lowest BCUT2D eigenvalue weighted by molar-refractivity contribution is 0.0382. The zero-order valence-corrected chi connectivity index (χ0v) is 15.9. The van der Waals surface area contributed by atoms with Gasteiger partial charge in [-0.1, -0.05) is 22.8 Å². The van der Waals surface area contributed by atoms with Crippen LogP contribution in [0.5, 0.6) is 0 Å². The summed E-state index contributed by atoms with van der Waals surface area (Å²) in [6.07, 6.45) is -0.255. The minimum absolute atomic E-state index is 0.0222. The highest BCUT2D eigenvalue weighted by Gasteiger charge is 2.32. The molecule has 26 heavy (non-hydrogen) atoms. The molecule has 0 radical (unpaired) electrons. The Bertz CT molecular complexity index is 766. The third-order valence-corrected chi connectivity index (χ3v) is 4.82. The molecular formula is C18H23ClN4O3. The molecule has 2 aromatic rings. The Hall–Kier alpha value is -2.12. The summed E-state index contributed by atoms with van der Waals surface area (Å²) < 4.78 is 10.5. The topological polar surface area (TPSA) is 71.7 Å². The number of rotatable bonds is 4. The van der Waals surface area contributed by atoms with Crippen LogP contribution in [0, 0.1) is 0 Å². The van der Waals surface area contributed by atoms with Crippen LogP contribution in [0.1, 0.15) is 32.6 Å². The number of carbonyl (C=O) groups excluding carboxylic acids is 1. The van der Waals surface area contributed by atoms with Gasteiger partial charge < -0.3 is 14.2 Å². The molecule has 2 atom stereocenters. The molecule has 2 unspecified atom stereocenters. The second-order valence-electron chi connectivity index (χ2n) is 6.38. The molecule has 3 rings (SSSR count). The van der Waals surface area contributed by atoms with Gasteiger partial charge in [-0.25, -0.2) is 4.79 Å². The zero-order valence-electron chi connectivity index (χ0n) is 15.2. The first-order chi connectivity index (χ1) is 12.5. The molecule has 1 aromatic carbocycles. The minimum Gasteiger partial charge on any atom is -0.450 e. The van der Waals surface area contributed by atoms with Crippen LogP contribution in [0.3, 0.4) is 0 Å². The smallest absolute Gasteiger partial charge is 0.409 e. The fraction of sp³-hybridized carbons (Fsp3) is 0.500. The Balaban J connectivity index is 1.68. The van der Waals surface area contributed by atoms with Crippen molar-refractivity contribution in [1.29, 1.82) is 0 Å². The van der Waals surface area contributed by atoms with Crippen LogP contribution >= 0.6 is 11.6 Å². The lowest BCUT2D eigenvalue weighted by Gasteiger charge is -2.41. The van der Waals surface area contributed by atoms with Crippen LogP contribution in [0.15, 0.2) is 28.8 Å². The molecule has 2 heterocycles. The largest absolute Gasteiger partial charge is 0.450 e. The summed E-state index contributed by atoms with van der Waals surface area (Å²) in [4.78, 5) is 20.5. The maximum atomic E-state index is 11.9. The van der Waals surface area contributed by atoms with Crippen molar-refractivity contribution < 1.29 is 14.1 Å². The highest BCUT2D eigenvalue weighted by atomic mass is 35.5. The summed E-state index contributed by atoms with van der Waals surface area (Å²) in [7, 11) is 0. The number of benzene rings is 1. The average molecular weight is 379 g/mol. The Morgan fingerprint density at radius 1 is 1.46 bits per heavy atom. The molecule has 0 N–H and O–H groups in total. The summed E-state index contributed by atoms with van der Waals surface area (Å²) in [5.41, 5.74) is 0.795. The van der Waals surface area contributed by atoms with Gasteiger partial charge in [0.15, 0.2) is 5.82 Å². The molecular weight excluding hydrogens is 356 g/mol. The summed E-state index contributed by atoms with van der Waals surface area (Å²) >= 11 is 6.03. The number of hydrogen-bond acceptors (Lipinski definition) is 6. The quantitative estimate of drug-likeness (QED) is 0.809. The van der Waals surface area contributed by atoms with Crippen molar-refractivity contribution >= 4 is 17.7 Å². The zero-order chi connectivity index (χ0) is 18.7. The van der Waals surface area contributed by atoms with Crippen LogP contribution in [0.2, 0.25) is 5.02 Å². The normalized spacial score (nSPS) is 19.4. The maximum absolute atomic E-state index is 11.9. The predicted octanol–water partition coefficient (Wildman–Crippen LogP) is 3.61. The lowest BCUT2D eigenvalue weighted by atomic mass is 10.1.